The topological polar surface area (TPSA) is 33.2 Å². The Labute approximate surface area is 123 Å². The second kappa shape index (κ2) is 5.28. The van der Waals surface area contributed by atoms with Gasteiger partial charge in [0.15, 0.2) is 0 Å². The average molecular weight is 284 g/mol. The van der Waals surface area contributed by atoms with Gasteiger partial charge in [0.05, 0.1) is 5.41 Å². The van der Waals surface area contributed by atoms with Gasteiger partial charge in [0.25, 0.3) is 0 Å². The van der Waals surface area contributed by atoms with Crippen molar-refractivity contribution in [1.82, 2.24) is 9.88 Å². The molecule has 1 aromatic carbocycles. The number of amides is 1. The molecule has 1 aliphatic carbocycles. The molecule has 0 radical (unpaired) electrons. The number of halogens is 1. The number of hydrogen-bond acceptors (Lipinski definition) is 2. The van der Waals surface area contributed by atoms with Crippen LogP contribution >= 0.6 is 0 Å². The molecule has 4 heteroatoms. The lowest BCUT2D eigenvalue weighted by Crippen LogP contribution is -2.36. The van der Waals surface area contributed by atoms with Gasteiger partial charge in [-0.3, -0.25) is 9.78 Å². The highest BCUT2D eigenvalue weighted by Gasteiger charge is 2.52. The van der Waals surface area contributed by atoms with Crippen molar-refractivity contribution in [3.63, 3.8) is 0 Å². The summed E-state index contributed by atoms with van der Waals surface area (Å²) in [5, 5.41) is 0. The molecule has 3 rings (SSSR count). The lowest BCUT2D eigenvalue weighted by atomic mass is 9.94. The van der Waals surface area contributed by atoms with Crippen molar-refractivity contribution >= 4 is 5.91 Å². The third kappa shape index (κ3) is 2.66. The molecule has 0 unspecified atom stereocenters. The summed E-state index contributed by atoms with van der Waals surface area (Å²) >= 11 is 0. The van der Waals surface area contributed by atoms with Crippen LogP contribution in [0.3, 0.4) is 0 Å². The maximum absolute atomic E-state index is 13.0. The van der Waals surface area contributed by atoms with E-state index in [1.165, 1.54) is 12.1 Å². The van der Waals surface area contributed by atoms with Crippen molar-refractivity contribution in [3.8, 4) is 0 Å². The van der Waals surface area contributed by atoms with Gasteiger partial charge in [0.2, 0.25) is 5.91 Å². The highest BCUT2D eigenvalue weighted by molar-refractivity contribution is 5.91. The van der Waals surface area contributed by atoms with Crippen molar-refractivity contribution in [2.24, 2.45) is 0 Å². The van der Waals surface area contributed by atoms with Crippen LogP contribution in [0.4, 0.5) is 4.39 Å². The van der Waals surface area contributed by atoms with Crippen molar-refractivity contribution in [2.45, 2.75) is 24.8 Å². The fourth-order valence-electron chi connectivity index (χ4n) is 2.72. The molecular formula is C17H17FN2O. The van der Waals surface area contributed by atoms with E-state index in [2.05, 4.69) is 4.98 Å². The molecule has 2 aromatic rings. The molecule has 0 atom stereocenters. The molecule has 1 amide bonds. The molecule has 1 aliphatic rings. The van der Waals surface area contributed by atoms with Crippen LogP contribution < -0.4 is 0 Å². The minimum absolute atomic E-state index is 0.0953. The summed E-state index contributed by atoms with van der Waals surface area (Å²) in [6, 6.07) is 10.1. The first-order chi connectivity index (χ1) is 10.1. The van der Waals surface area contributed by atoms with E-state index in [1.807, 2.05) is 12.1 Å². The van der Waals surface area contributed by atoms with Gasteiger partial charge in [0.1, 0.15) is 5.82 Å². The number of carbonyl (C=O) groups excluding carboxylic acids is 1. The third-order valence-electron chi connectivity index (χ3n) is 4.05. The van der Waals surface area contributed by atoms with Crippen LogP contribution in [0.25, 0.3) is 0 Å². The van der Waals surface area contributed by atoms with Gasteiger partial charge in [-0.2, -0.15) is 0 Å². The van der Waals surface area contributed by atoms with Crippen LogP contribution in [0.15, 0.2) is 48.8 Å². The van der Waals surface area contributed by atoms with Crippen LogP contribution in [0.5, 0.6) is 0 Å². The average Bonchev–Trinajstić information content (AvgIpc) is 3.30. The van der Waals surface area contributed by atoms with Gasteiger partial charge in [-0.15, -0.1) is 0 Å². The van der Waals surface area contributed by atoms with Crippen LogP contribution in [0.1, 0.15) is 24.0 Å². The van der Waals surface area contributed by atoms with E-state index in [0.29, 0.717) is 6.54 Å². The summed E-state index contributed by atoms with van der Waals surface area (Å²) in [5.41, 5.74) is 1.46. The van der Waals surface area contributed by atoms with E-state index in [9.17, 15) is 9.18 Å². The number of hydrogen-bond donors (Lipinski definition) is 0. The zero-order valence-electron chi connectivity index (χ0n) is 11.9. The Kier molecular flexibility index (Phi) is 3.45. The molecule has 0 spiro atoms. The summed E-state index contributed by atoms with van der Waals surface area (Å²) < 4.78 is 13.0. The molecule has 108 valence electrons. The van der Waals surface area contributed by atoms with Crippen LogP contribution in [-0.4, -0.2) is 22.8 Å². The number of likely N-dealkylation sites (N-methyl/N-ethyl adjacent to an activating group) is 1. The zero-order chi connectivity index (χ0) is 14.9. The standard InChI is InChI=1S/C17H17FN2O/c1-20(12-13-3-2-10-19-11-13)16(21)17(8-9-17)14-4-6-15(18)7-5-14/h2-7,10-11H,8-9,12H2,1H3. The fraction of sp³-hybridized carbons (Fsp3) is 0.294. The molecule has 0 bridgehead atoms. The second-order valence-electron chi connectivity index (χ2n) is 5.61. The summed E-state index contributed by atoms with van der Waals surface area (Å²) in [6.07, 6.45) is 5.14. The highest BCUT2D eigenvalue weighted by Crippen LogP contribution is 2.49. The number of nitrogens with zero attached hydrogens (tertiary/aromatic N) is 2. The van der Waals surface area contributed by atoms with E-state index in [-0.39, 0.29) is 11.7 Å². The number of carbonyl (C=O) groups is 1. The Hall–Kier alpha value is -2.23. The van der Waals surface area contributed by atoms with Crippen molar-refractivity contribution in [3.05, 3.63) is 65.7 Å². The zero-order valence-corrected chi connectivity index (χ0v) is 11.9. The van der Waals surface area contributed by atoms with E-state index in [4.69, 9.17) is 0 Å². The number of aromatic nitrogens is 1. The fourth-order valence-corrected chi connectivity index (χ4v) is 2.72. The summed E-state index contributed by atoms with van der Waals surface area (Å²) in [7, 11) is 1.80. The maximum atomic E-state index is 13.0. The van der Waals surface area contributed by atoms with Gasteiger partial charge >= 0.3 is 0 Å². The lowest BCUT2D eigenvalue weighted by Gasteiger charge is -2.24. The normalized spacial score (nSPS) is 15.5. The molecule has 0 aliphatic heterocycles. The molecule has 3 nitrogen and oxygen atoms in total. The SMILES string of the molecule is CN(Cc1cccnc1)C(=O)C1(c2ccc(F)cc2)CC1. The second-order valence-corrected chi connectivity index (χ2v) is 5.61. The molecule has 1 heterocycles. The smallest absolute Gasteiger partial charge is 0.233 e. The largest absolute Gasteiger partial charge is 0.341 e. The van der Waals surface area contributed by atoms with Crippen LogP contribution in [0.2, 0.25) is 0 Å². The molecular weight excluding hydrogens is 267 g/mol. The number of pyridine rings is 1. The first-order valence-corrected chi connectivity index (χ1v) is 7.02. The number of rotatable bonds is 4. The summed E-state index contributed by atoms with van der Waals surface area (Å²) in [4.78, 5) is 18.5. The van der Waals surface area contributed by atoms with E-state index in [1.54, 1.807) is 36.5 Å². The molecule has 1 fully saturated rings. The van der Waals surface area contributed by atoms with Gasteiger partial charge in [-0.25, -0.2) is 4.39 Å². The van der Waals surface area contributed by atoms with Gasteiger partial charge in [-0.1, -0.05) is 18.2 Å². The predicted octanol–water partition coefficient (Wildman–Crippen LogP) is 2.91. The predicted molar refractivity (Wildman–Crippen MR) is 78.0 cm³/mol. The van der Waals surface area contributed by atoms with E-state index >= 15 is 0 Å². The van der Waals surface area contributed by atoms with E-state index < -0.39 is 5.41 Å². The first kappa shape index (κ1) is 13.7. The minimum Gasteiger partial charge on any atom is -0.341 e. The molecule has 1 saturated carbocycles. The Morgan fingerprint density at radius 2 is 2.00 bits per heavy atom. The van der Waals surface area contributed by atoms with Gasteiger partial charge in [0, 0.05) is 26.0 Å². The van der Waals surface area contributed by atoms with Crippen LogP contribution in [0, 0.1) is 5.82 Å². The summed E-state index contributed by atoms with van der Waals surface area (Å²) in [5.74, 6) is -0.177. The van der Waals surface area contributed by atoms with Gasteiger partial charge < -0.3 is 4.90 Å². The molecule has 0 N–H and O–H groups in total. The maximum Gasteiger partial charge on any atom is 0.233 e. The number of benzene rings is 1. The highest BCUT2D eigenvalue weighted by atomic mass is 19.1. The lowest BCUT2D eigenvalue weighted by molar-refractivity contribution is -0.133. The Morgan fingerprint density at radius 1 is 1.29 bits per heavy atom. The monoisotopic (exact) mass is 284 g/mol. The van der Waals surface area contributed by atoms with Crippen molar-refractivity contribution in [1.29, 1.82) is 0 Å². The Bertz CT molecular complexity index is 636. The molecule has 1 aromatic heterocycles. The van der Waals surface area contributed by atoms with E-state index in [0.717, 1.165) is 24.0 Å². The van der Waals surface area contributed by atoms with Gasteiger partial charge in [-0.05, 0) is 42.2 Å². The summed E-state index contributed by atoms with van der Waals surface area (Å²) in [6.45, 7) is 0.537. The van der Waals surface area contributed by atoms with Crippen molar-refractivity contribution in [2.75, 3.05) is 7.05 Å². The first-order valence-electron chi connectivity index (χ1n) is 7.02. The molecule has 21 heavy (non-hydrogen) atoms. The van der Waals surface area contributed by atoms with Crippen LogP contribution in [-0.2, 0) is 16.8 Å². The minimum atomic E-state index is -0.454. The third-order valence-corrected chi connectivity index (χ3v) is 4.05. The van der Waals surface area contributed by atoms with Crippen molar-refractivity contribution < 1.29 is 9.18 Å². The molecule has 0 saturated heterocycles. The quantitative estimate of drug-likeness (QED) is 0.865. The Balaban J connectivity index is 1.76. The Morgan fingerprint density at radius 3 is 2.57 bits per heavy atom.